The molecule has 0 saturated carbocycles. The lowest BCUT2D eigenvalue weighted by molar-refractivity contribution is -0.127. The Labute approximate surface area is 193 Å². The zero-order chi connectivity index (χ0) is 22.5. The van der Waals surface area contributed by atoms with Crippen molar-refractivity contribution in [3.8, 4) is 0 Å². The summed E-state index contributed by atoms with van der Waals surface area (Å²) < 4.78 is 0. The smallest absolute Gasteiger partial charge is 0.241 e. The molecule has 0 N–H and O–H groups in total. The Morgan fingerprint density at radius 3 is 2.09 bits per heavy atom. The van der Waals surface area contributed by atoms with Crippen LogP contribution in [0.2, 0.25) is 5.02 Å². The fourth-order valence-electron chi connectivity index (χ4n) is 5.43. The Kier molecular flexibility index (Phi) is 5.02. The normalized spacial score (nSPS) is 27.0. The number of hydrogen-bond acceptors (Lipinski definition) is 2. The van der Waals surface area contributed by atoms with E-state index in [1.807, 2.05) is 74.5 Å². The van der Waals surface area contributed by atoms with E-state index in [1.165, 1.54) is 4.90 Å². The zero-order valence-electron chi connectivity index (χ0n) is 18.0. The highest BCUT2D eigenvalue weighted by Gasteiger charge is 2.63. The first kappa shape index (κ1) is 20.7. The molecular formula is C28H24ClNO2. The molecule has 1 saturated heterocycles. The summed E-state index contributed by atoms with van der Waals surface area (Å²) in [5.74, 6) is -1.22. The maximum Gasteiger partial charge on any atom is 0.241 e. The van der Waals surface area contributed by atoms with E-state index >= 15 is 0 Å². The summed E-state index contributed by atoms with van der Waals surface area (Å²) in [7, 11) is 0. The summed E-state index contributed by atoms with van der Waals surface area (Å²) in [5.41, 5.74) is 2.47. The minimum atomic E-state index is -0.914. The molecule has 2 aliphatic rings. The molecule has 3 aromatic rings. The summed E-state index contributed by atoms with van der Waals surface area (Å²) in [6.45, 7) is 3.80. The van der Waals surface area contributed by atoms with Crippen molar-refractivity contribution in [2.75, 3.05) is 4.90 Å². The van der Waals surface area contributed by atoms with Gasteiger partial charge in [-0.3, -0.25) is 9.59 Å². The van der Waals surface area contributed by atoms with Crippen molar-refractivity contribution in [3.05, 3.63) is 113 Å². The molecule has 0 aromatic heterocycles. The fraction of sp³-hybridized carbons (Fsp3) is 0.214. The van der Waals surface area contributed by atoms with Crippen LogP contribution < -0.4 is 4.90 Å². The highest BCUT2D eigenvalue weighted by atomic mass is 35.5. The molecule has 1 heterocycles. The number of rotatable bonds is 3. The summed E-state index contributed by atoms with van der Waals surface area (Å²) in [6, 6.07) is 25.3. The van der Waals surface area contributed by atoms with E-state index < -0.39 is 11.3 Å². The summed E-state index contributed by atoms with van der Waals surface area (Å²) in [6.07, 6.45) is 4.22. The number of halogens is 1. The number of amides is 2. The first-order valence-electron chi connectivity index (χ1n) is 10.9. The van der Waals surface area contributed by atoms with E-state index in [4.69, 9.17) is 11.6 Å². The Balaban J connectivity index is 1.71. The molecule has 0 unspecified atom stereocenters. The summed E-state index contributed by atoms with van der Waals surface area (Å²) >= 11 is 6.36. The number of benzene rings is 3. The number of hydrogen-bond donors (Lipinski definition) is 0. The molecular weight excluding hydrogens is 418 g/mol. The largest absolute Gasteiger partial charge is 0.274 e. The third kappa shape index (κ3) is 2.96. The second-order valence-electron chi connectivity index (χ2n) is 8.83. The number of nitrogens with zero attached hydrogens (tertiary/aromatic N) is 1. The molecule has 1 fully saturated rings. The molecule has 160 valence electrons. The third-order valence-corrected chi connectivity index (χ3v) is 7.55. The predicted octanol–water partition coefficient (Wildman–Crippen LogP) is 6.28. The van der Waals surface area contributed by atoms with Crippen LogP contribution in [0.15, 0.2) is 91.0 Å². The van der Waals surface area contributed by atoms with Crippen LogP contribution >= 0.6 is 11.6 Å². The van der Waals surface area contributed by atoms with E-state index in [0.717, 1.165) is 16.7 Å². The lowest BCUT2D eigenvalue weighted by Gasteiger charge is -2.41. The van der Waals surface area contributed by atoms with Gasteiger partial charge in [-0.1, -0.05) is 90.5 Å². The molecule has 1 aliphatic heterocycles. The van der Waals surface area contributed by atoms with Crippen molar-refractivity contribution < 1.29 is 9.59 Å². The highest BCUT2D eigenvalue weighted by molar-refractivity contribution is 6.32. The Morgan fingerprint density at radius 2 is 1.44 bits per heavy atom. The van der Waals surface area contributed by atoms with Gasteiger partial charge in [0, 0.05) is 16.9 Å². The van der Waals surface area contributed by atoms with Crippen LogP contribution in [0.1, 0.15) is 35.4 Å². The minimum absolute atomic E-state index is 0.165. The van der Waals surface area contributed by atoms with Crippen LogP contribution in [0.4, 0.5) is 5.69 Å². The van der Waals surface area contributed by atoms with Gasteiger partial charge in [-0.15, -0.1) is 0 Å². The number of carbonyl (C=O) groups is 2. The molecule has 32 heavy (non-hydrogen) atoms. The van der Waals surface area contributed by atoms with E-state index in [2.05, 4.69) is 12.2 Å². The van der Waals surface area contributed by atoms with Crippen molar-refractivity contribution in [1.82, 2.24) is 0 Å². The van der Waals surface area contributed by atoms with Gasteiger partial charge in [0.05, 0.1) is 17.0 Å². The molecule has 3 nitrogen and oxygen atoms in total. The summed E-state index contributed by atoms with van der Waals surface area (Å²) in [4.78, 5) is 29.5. The van der Waals surface area contributed by atoms with Crippen LogP contribution in [-0.2, 0) is 9.59 Å². The van der Waals surface area contributed by atoms with Crippen LogP contribution in [0, 0.1) is 18.3 Å². The maximum absolute atomic E-state index is 14.1. The van der Waals surface area contributed by atoms with Gasteiger partial charge in [-0.2, -0.15) is 0 Å². The lowest BCUT2D eigenvalue weighted by Crippen LogP contribution is -2.42. The Bertz CT molecular complexity index is 1220. The van der Waals surface area contributed by atoms with Gasteiger partial charge < -0.3 is 0 Å². The van der Waals surface area contributed by atoms with Gasteiger partial charge in [0.15, 0.2) is 0 Å². The second kappa shape index (κ2) is 7.75. The van der Waals surface area contributed by atoms with E-state index in [-0.39, 0.29) is 23.7 Å². The monoisotopic (exact) mass is 441 g/mol. The maximum atomic E-state index is 14.1. The van der Waals surface area contributed by atoms with E-state index in [9.17, 15) is 9.59 Å². The van der Waals surface area contributed by atoms with Crippen LogP contribution in [0.5, 0.6) is 0 Å². The molecule has 1 aliphatic carbocycles. The van der Waals surface area contributed by atoms with Crippen molar-refractivity contribution in [2.24, 2.45) is 11.3 Å². The van der Waals surface area contributed by atoms with Gasteiger partial charge in [-0.05, 0) is 42.7 Å². The van der Waals surface area contributed by atoms with Crippen LogP contribution in [-0.4, -0.2) is 11.8 Å². The minimum Gasteiger partial charge on any atom is -0.274 e. The van der Waals surface area contributed by atoms with Crippen molar-refractivity contribution in [3.63, 3.8) is 0 Å². The summed E-state index contributed by atoms with van der Waals surface area (Å²) in [5, 5.41) is 0.542. The molecule has 2 amide bonds. The van der Waals surface area contributed by atoms with Gasteiger partial charge in [0.1, 0.15) is 0 Å². The number of fused-ring (bicyclic) bond motifs is 1. The number of carbonyl (C=O) groups excluding carboxylic acids is 2. The first-order valence-corrected chi connectivity index (χ1v) is 11.2. The standard InChI is InChI=1S/C28H24ClNO2/c1-18-23(29)14-9-15-24(18)30-26(31)25-21(19-10-5-3-6-11-19)16-17-22(28(25,2)27(30)32)20-12-7-4-8-13-20/h3-17,21-22,25H,1-2H3/t21-,22-,25-,28-/m0/s1. The van der Waals surface area contributed by atoms with Crippen molar-refractivity contribution in [1.29, 1.82) is 0 Å². The average Bonchev–Trinajstić information content (AvgIpc) is 3.02. The van der Waals surface area contributed by atoms with Crippen LogP contribution in [0.25, 0.3) is 0 Å². The molecule has 5 rings (SSSR count). The zero-order valence-corrected chi connectivity index (χ0v) is 18.8. The quantitative estimate of drug-likeness (QED) is 0.354. The fourth-order valence-corrected chi connectivity index (χ4v) is 5.60. The number of imide groups is 1. The highest BCUT2D eigenvalue weighted by Crippen LogP contribution is 2.58. The Morgan fingerprint density at radius 1 is 0.812 bits per heavy atom. The van der Waals surface area contributed by atoms with Gasteiger partial charge in [-0.25, -0.2) is 4.90 Å². The first-order chi connectivity index (χ1) is 15.4. The van der Waals surface area contributed by atoms with Gasteiger partial charge >= 0.3 is 0 Å². The van der Waals surface area contributed by atoms with Gasteiger partial charge in [0.25, 0.3) is 0 Å². The lowest BCUT2D eigenvalue weighted by atomic mass is 9.58. The van der Waals surface area contributed by atoms with Crippen molar-refractivity contribution in [2.45, 2.75) is 25.7 Å². The number of anilines is 1. The Hall–Kier alpha value is -3.17. The predicted molar refractivity (Wildman–Crippen MR) is 128 cm³/mol. The van der Waals surface area contributed by atoms with Crippen LogP contribution in [0.3, 0.4) is 0 Å². The molecule has 0 radical (unpaired) electrons. The SMILES string of the molecule is Cc1c(Cl)cccc1N1C(=O)[C@@H]2[C@H](c3ccccc3)C=C[C@@H](c3ccccc3)[C@]2(C)C1=O. The topological polar surface area (TPSA) is 37.4 Å². The van der Waals surface area contributed by atoms with E-state index in [1.54, 1.807) is 18.2 Å². The molecule has 4 atom stereocenters. The second-order valence-corrected chi connectivity index (χ2v) is 9.24. The molecule has 3 aromatic carbocycles. The van der Waals surface area contributed by atoms with E-state index in [0.29, 0.717) is 10.7 Å². The number of allylic oxidation sites excluding steroid dienone is 2. The molecule has 4 heteroatoms. The van der Waals surface area contributed by atoms with Gasteiger partial charge in [0.2, 0.25) is 11.8 Å². The van der Waals surface area contributed by atoms with Crippen molar-refractivity contribution >= 4 is 29.1 Å². The average molecular weight is 442 g/mol. The molecule has 0 bridgehead atoms. The third-order valence-electron chi connectivity index (χ3n) is 7.14. The molecule has 0 spiro atoms.